The van der Waals surface area contributed by atoms with Gasteiger partial charge >= 0.3 is 0 Å². The number of hydrogen-bond donors (Lipinski definition) is 2. The molecule has 7 heteroatoms. The van der Waals surface area contributed by atoms with Crippen LogP contribution in [0.3, 0.4) is 0 Å². The first-order valence-electron chi connectivity index (χ1n) is 10.8. The van der Waals surface area contributed by atoms with Crippen LogP contribution >= 0.6 is 11.6 Å². The molecule has 168 valence electrons. The summed E-state index contributed by atoms with van der Waals surface area (Å²) in [6, 6.07) is 18.9. The van der Waals surface area contributed by atoms with Crippen LogP contribution in [0.5, 0.6) is 0 Å². The SMILES string of the molecule is Cc1ccc(CCN[C@@H](C(=O)Nc2ccc(-c3cnn(C)c3)cn2)c2cccc(Cl)c2)cc1. The fourth-order valence-electron chi connectivity index (χ4n) is 3.57. The van der Waals surface area contributed by atoms with Gasteiger partial charge in [-0.2, -0.15) is 5.10 Å². The smallest absolute Gasteiger partial charge is 0.247 e. The summed E-state index contributed by atoms with van der Waals surface area (Å²) in [5, 5.41) is 11.1. The molecule has 1 amide bonds. The topological polar surface area (TPSA) is 71.8 Å². The van der Waals surface area contributed by atoms with Crippen LogP contribution in [-0.2, 0) is 18.3 Å². The third kappa shape index (κ3) is 6.06. The van der Waals surface area contributed by atoms with Gasteiger partial charge in [-0.15, -0.1) is 0 Å². The Bertz CT molecular complexity index is 1220. The van der Waals surface area contributed by atoms with Gasteiger partial charge in [0, 0.05) is 42.1 Å². The highest BCUT2D eigenvalue weighted by molar-refractivity contribution is 6.30. The Hall–Kier alpha value is -3.48. The van der Waals surface area contributed by atoms with Crippen molar-refractivity contribution in [2.45, 2.75) is 19.4 Å². The third-order valence-electron chi connectivity index (χ3n) is 5.38. The van der Waals surface area contributed by atoms with Crippen LogP contribution in [0.4, 0.5) is 5.82 Å². The van der Waals surface area contributed by atoms with E-state index in [1.807, 2.05) is 37.5 Å². The maximum Gasteiger partial charge on any atom is 0.247 e. The number of aryl methyl sites for hydroxylation is 2. The molecule has 2 heterocycles. The Labute approximate surface area is 198 Å². The summed E-state index contributed by atoms with van der Waals surface area (Å²) in [7, 11) is 1.87. The van der Waals surface area contributed by atoms with Crippen LogP contribution in [0, 0.1) is 6.92 Å². The number of anilines is 1. The molecule has 0 saturated heterocycles. The van der Waals surface area contributed by atoms with Crippen LogP contribution in [0.25, 0.3) is 11.1 Å². The van der Waals surface area contributed by atoms with Gasteiger partial charge in [0.1, 0.15) is 11.9 Å². The number of aromatic nitrogens is 3. The van der Waals surface area contributed by atoms with Crippen LogP contribution < -0.4 is 10.6 Å². The number of nitrogens with one attached hydrogen (secondary N) is 2. The van der Waals surface area contributed by atoms with Gasteiger partial charge in [-0.05, 0) is 48.7 Å². The van der Waals surface area contributed by atoms with Crippen LogP contribution in [0.1, 0.15) is 22.7 Å². The maximum absolute atomic E-state index is 13.2. The maximum atomic E-state index is 13.2. The van der Waals surface area contributed by atoms with Gasteiger partial charge in [0.05, 0.1) is 6.20 Å². The van der Waals surface area contributed by atoms with E-state index in [2.05, 4.69) is 51.9 Å². The van der Waals surface area contributed by atoms with Crippen molar-refractivity contribution in [3.63, 3.8) is 0 Å². The summed E-state index contributed by atoms with van der Waals surface area (Å²) in [4.78, 5) is 17.6. The number of benzene rings is 2. The number of nitrogens with zero attached hydrogens (tertiary/aromatic N) is 3. The van der Waals surface area contributed by atoms with Crippen molar-refractivity contribution in [3.8, 4) is 11.1 Å². The van der Waals surface area contributed by atoms with Crippen molar-refractivity contribution in [2.24, 2.45) is 7.05 Å². The molecule has 2 aromatic heterocycles. The average Bonchev–Trinajstić information content (AvgIpc) is 3.24. The van der Waals surface area contributed by atoms with E-state index in [0.29, 0.717) is 17.4 Å². The predicted octanol–water partition coefficient (Wildman–Crippen LogP) is 4.96. The minimum Gasteiger partial charge on any atom is -0.309 e. The minimum atomic E-state index is -0.561. The van der Waals surface area contributed by atoms with Gasteiger partial charge in [0.15, 0.2) is 0 Å². The van der Waals surface area contributed by atoms with Crippen LogP contribution in [0.15, 0.2) is 79.3 Å². The molecule has 0 saturated carbocycles. The van der Waals surface area contributed by atoms with Gasteiger partial charge < -0.3 is 10.6 Å². The standard InChI is InChI=1S/C26H26ClN5O/c1-18-6-8-19(9-7-18)12-13-28-25(20-4-3-5-23(27)14-20)26(33)31-24-11-10-21(15-29-24)22-16-30-32(2)17-22/h3-11,14-17,25,28H,12-13H2,1-2H3,(H,29,31,33)/t25-/m1/s1. The minimum absolute atomic E-state index is 0.192. The number of rotatable bonds is 8. The van der Waals surface area contributed by atoms with Gasteiger partial charge in [-0.25, -0.2) is 4.98 Å². The molecule has 4 aromatic rings. The Morgan fingerprint density at radius 1 is 1.06 bits per heavy atom. The van der Waals surface area contributed by atoms with Crippen LogP contribution in [-0.4, -0.2) is 27.2 Å². The van der Waals surface area contributed by atoms with E-state index in [1.165, 1.54) is 11.1 Å². The number of amides is 1. The van der Waals surface area contributed by atoms with Gasteiger partial charge in [-0.3, -0.25) is 9.48 Å². The first-order chi connectivity index (χ1) is 16.0. The summed E-state index contributed by atoms with van der Waals surface area (Å²) in [6.45, 7) is 2.71. The van der Waals surface area contributed by atoms with E-state index in [1.54, 1.807) is 29.2 Å². The highest BCUT2D eigenvalue weighted by Gasteiger charge is 2.21. The van der Waals surface area contributed by atoms with E-state index in [4.69, 9.17) is 11.6 Å². The van der Waals surface area contributed by atoms with Gasteiger partial charge in [-0.1, -0.05) is 53.6 Å². The number of hydrogen-bond acceptors (Lipinski definition) is 4. The molecule has 6 nitrogen and oxygen atoms in total. The fraction of sp³-hybridized carbons (Fsp3) is 0.192. The van der Waals surface area contributed by atoms with Crippen molar-refractivity contribution in [1.82, 2.24) is 20.1 Å². The summed E-state index contributed by atoms with van der Waals surface area (Å²) in [5.41, 5.74) is 5.15. The lowest BCUT2D eigenvalue weighted by Gasteiger charge is -2.19. The van der Waals surface area contributed by atoms with Crippen molar-refractivity contribution in [3.05, 3.63) is 101 Å². The lowest BCUT2D eigenvalue weighted by atomic mass is 10.0. The molecule has 0 radical (unpaired) electrons. The molecule has 0 aliphatic heterocycles. The zero-order valence-electron chi connectivity index (χ0n) is 18.6. The van der Waals surface area contributed by atoms with Crippen molar-refractivity contribution in [2.75, 3.05) is 11.9 Å². The van der Waals surface area contributed by atoms with Crippen molar-refractivity contribution in [1.29, 1.82) is 0 Å². The van der Waals surface area contributed by atoms with E-state index in [0.717, 1.165) is 23.1 Å². The summed E-state index contributed by atoms with van der Waals surface area (Å²) >= 11 is 6.20. The molecule has 0 unspecified atom stereocenters. The summed E-state index contributed by atoms with van der Waals surface area (Å²) in [5.74, 6) is 0.294. The largest absolute Gasteiger partial charge is 0.309 e. The Balaban J connectivity index is 1.46. The summed E-state index contributed by atoms with van der Waals surface area (Å²) < 4.78 is 1.74. The zero-order chi connectivity index (χ0) is 23.2. The molecular weight excluding hydrogens is 434 g/mol. The molecule has 0 spiro atoms. The zero-order valence-corrected chi connectivity index (χ0v) is 19.4. The second-order valence-corrected chi connectivity index (χ2v) is 8.44. The van der Waals surface area contributed by atoms with Crippen LogP contribution in [0.2, 0.25) is 5.02 Å². The Kier molecular flexibility index (Phi) is 7.17. The average molecular weight is 460 g/mol. The number of carbonyl (C=O) groups excluding carboxylic acids is 1. The summed E-state index contributed by atoms with van der Waals surface area (Å²) in [6.07, 6.45) is 6.24. The van der Waals surface area contributed by atoms with Crippen molar-refractivity contribution >= 4 is 23.3 Å². The molecule has 0 fully saturated rings. The molecule has 0 bridgehead atoms. The normalized spacial score (nSPS) is 11.8. The number of carbonyl (C=O) groups is 1. The third-order valence-corrected chi connectivity index (χ3v) is 5.61. The first kappa shape index (κ1) is 22.7. The number of halogens is 1. The Morgan fingerprint density at radius 3 is 2.55 bits per heavy atom. The molecule has 2 aromatic carbocycles. The second-order valence-electron chi connectivity index (χ2n) is 8.00. The van der Waals surface area contributed by atoms with Gasteiger partial charge in [0.25, 0.3) is 0 Å². The molecule has 0 aliphatic carbocycles. The second kappa shape index (κ2) is 10.4. The highest BCUT2D eigenvalue weighted by atomic mass is 35.5. The fourth-order valence-corrected chi connectivity index (χ4v) is 3.77. The number of pyridine rings is 1. The molecule has 1 atom stereocenters. The first-order valence-corrected chi connectivity index (χ1v) is 11.2. The van der Waals surface area contributed by atoms with Crippen molar-refractivity contribution < 1.29 is 4.79 Å². The monoisotopic (exact) mass is 459 g/mol. The molecule has 2 N–H and O–H groups in total. The lowest BCUT2D eigenvalue weighted by Crippen LogP contribution is -2.34. The molecule has 0 aliphatic rings. The molecule has 33 heavy (non-hydrogen) atoms. The molecular formula is C26H26ClN5O. The van der Waals surface area contributed by atoms with E-state index in [9.17, 15) is 4.79 Å². The quantitative estimate of drug-likeness (QED) is 0.391. The van der Waals surface area contributed by atoms with Gasteiger partial charge in [0.2, 0.25) is 5.91 Å². The Morgan fingerprint density at radius 2 is 1.88 bits per heavy atom. The van der Waals surface area contributed by atoms with E-state index >= 15 is 0 Å². The lowest BCUT2D eigenvalue weighted by molar-refractivity contribution is -0.118. The molecule has 4 rings (SSSR count). The predicted molar refractivity (Wildman–Crippen MR) is 132 cm³/mol. The van der Waals surface area contributed by atoms with E-state index < -0.39 is 6.04 Å². The van der Waals surface area contributed by atoms with E-state index in [-0.39, 0.29) is 5.91 Å². The highest BCUT2D eigenvalue weighted by Crippen LogP contribution is 2.22.